The molecule has 1 aromatic heterocycles. The molecule has 7 heteroatoms. The van der Waals surface area contributed by atoms with Crippen molar-refractivity contribution >= 4 is 26.6 Å². The highest BCUT2D eigenvalue weighted by Gasteiger charge is 2.20. The molecule has 2 heterocycles. The second-order valence-electron chi connectivity index (χ2n) is 9.13. The SMILES string of the molecule is Cc1ccc2c(OCCN3CCC(Cc4cc(NS(C)(=O)=O)ccc4C)CC3)cccc2n1. The molecule has 0 atom stereocenters. The Bertz CT molecular complexity index is 1220. The molecule has 176 valence electrons. The molecule has 33 heavy (non-hydrogen) atoms. The fraction of sp³-hybridized carbons (Fsp3) is 0.423. The van der Waals surface area contributed by atoms with Crippen molar-refractivity contribution in [2.24, 2.45) is 5.92 Å². The fourth-order valence-corrected chi connectivity index (χ4v) is 5.09. The number of rotatable bonds is 8. The third kappa shape index (κ3) is 6.45. The van der Waals surface area contributed by atoms with E-state index in [4.69, 9.17) is 4.74 Å². The van der Waals surface area contributed by atoms with Gasteiger partial charge in [0, 0.05) is 23.3 Å². The van der Waals surface area contributed by atoms with Crippen LogP contribution in [0.2, 0.25) is 0 Å². The van der Waals surface area contributed by atoms with Crippen LogP contribution >= 0.6 is 0 Å². The zero-order valence-corrected chi connectivity index (χ0v) is 20.5. The van der Waals surface area contributed by atoms with E-state index in [2.05, 4.69) is 27.6 Å². The molecule has 0 amide bonds. The topological polar surface area (TPSA) is 71.5 Å². The highest BCUT2D eigenvalue weighted by Crippen LogP contribution is 2.27. The molecule has 0 aliphatic carbocycles. The van der Waals surface area contributed by atoms with Crippen LogP contribution in [0, 0.1) is 19.8 Å². The lowest BCUT2D eigenvalue weighted by Crippen LogP contribution is -2.37. The van der Waals surface area contributed by atoms with Gasteiger partial charge in [0.25, 0.3) is 0 Å². The summed E-state index contributed by atoms with van der Waals surface area (Å²) in [6.07, 6.45) is 4.45. The Kier molecular flexibility index (Phi) is 7.20. The minimum atomic E-state index is -3.26. The second kappa shape index (κ2) is 10.1. The fourth-order valence-electron chi connectivity index (χ4n) is 4.53. The van der Waals surface area contributed by atoms with E-state index < -0.39 is 10.0 Å². The smallest absolute Gasteiger partial charge is 0.229 e. The van der Waals surface area contributed by atoms with E-state index in [0.29, 0.717) is 18.2 Å². The Morgan fingerprint density at radius 2 is 1.88 bits per heavy atom. The molecule has 0 saturated carbocycles. The molecule has 1 aliphatic heterocycles. The number of aryl methyl sites for hydroxylation is 2. The van der Waals surface area contributed by atoms with E-state index in [1.807, 2.05) is 49.4 Å². The number of benzene rings is 2. The van der Waals surface area contributed by atoms with Gasteiger partial charge in [0.2, 0.25) is 10.0 Å². The van der Waals surface area contributed by atoms with Crippen molar-refractivity contribution in [3.63, 3.8) is 0 Å². The van der Waals surface area contributed by atoms with E-state index in [1.54, 1.807) is 0 Å². The number of nitrogens with zero attached hydrogens (tertiary/aromatic N) is 2. The molecule has 1 saturated heterocycles. The molecule has 1 N–H and O–H groups in total. The standard InChI is InChI=1S/C26H33N3O3S/c1-19-7-9-23(28-33(3,30)31)18-22(19)17-21-11-13-29(14-12-21)15-16-32-26-6-4-5-25-24(26)10-8-20(2)27-25/h4-10,18,21,28H,11-17H2,1-3H3. The van der Waals surface area contributed by atoms with Gasteiger partial charge >= 0.3 is 0 Å². The number of hydrogen-bond acceptors (Lipinski definition) is 5. The van der Waals surface area contributed by atoms with Crippen LogP contribution in [0.4, 0.5) is 5.69 Å². The summed E-state index contributed by atoms with van der Waals surface area (Å²) in [5.41, 5.74) is 5.07. The average Bonchev–Trinajstić information content (AvgIpc) is 2.76. The maximum absolute atomic E-state index is 11.5. The molecular weight excluding hydrogens is 434 g/mol. The number of sulfonamides is 1. The minimum absolute atomic E-state index is 0.613. The van der Waals surface area contributed by atoms with Crippen LogP contribution in [0.25, 0.3) is 10.9 Å². The number of anilines is 1. The highest BCUT2D eigenvalue weighted by molar-refractivity contribution is 7.92. The van der Waals surface area contributed by atoms with E-state index in [1.165, 1.54) is 17.4 Å². The molecule has 4 rings (SSSR count). The van der Waals surface area contributed by atoms with Gasteiger partial charge in [-0.3, -0.25) is 14.6 Å². The molecule has 0 unspecified atom stereocenters. The van der Waals surface area contributed by atoms with Gasteiger partial charge in [-0.05, 0) is 99.6 Å². The molecule has 6 nitrogen and oxygen atoms in total. The first-order chi connectivity index (χ1) is 15.8. The zero-order chi connectivity index (χ0) is 23.4. The Labute approximate surface area is 197 Å². The van der Waals surface area contributed by atoms with Crippen molar-refractivity contribution in [1.82, 2.24) is 9.88 Å². The van der Waals surface area contributed by atoms with E-state index in [0.717, 1.165) is 61.2 Å². The lowest BCUT2D eigenvalue weighted by Gasteiger charge is -2.32. The van der Waals surface area contributed by atoms with Crippen molar-refractivity contribution in [2.75, 3.05) is 37.2 Å². The first-order valence-electron chi connectivity index (χ1n) is 11.6. The number of hydrogen-bond donors (Lipinski definition) is 1. The van der Waals surface area contributed by atoms with Gasteiger partial charge in [-0.25, -0.2) is 8.42 Å². The number of piperidine rings is 1. The van der Waals surface area contributed by atoms with Gasteiger partial charge in [0.15, 0.2) is 0 Å². The lowest BCUT2D eigenvalue weighted by molar-refractivity contribution is 0.155. The van der Waals surface area contributed by atoms with Crippen molar-refractivity contribution in [3.8, 4) is 5.75 Å². The summed E-state index contributed by atoms with van der Waals surface area (Å²) in [5.74, 6) is 1.51. The van der Waals surface area contributed by atoms with Crippen molar-refractivity contribution in [2.45, 2.75) is 33.1 Å². The summed E-state index contributed by atoms with van der Waals surface area (Å²) in [6, 6.07) is 16.0. The molecular formula is C26H33N3O3S. The van der Waals surface area contributed by atoms with Crippen LogP contribution in [0.3, 0.4) is 0 Å². The third-order valence-corrected chi connectivity index (χ3v) is 6.97. The second-order valence-corrected chi connectivity index (χ2v) is 10.9. The van der Waals surface area contributed by atoms with Crippen LogP contribution in [0.15, 0.2) is 48.5 Å². The van der Waals surface area contributed by atoms with Crippen LogP contribution in [0.5, 0.6) is 5.75 Å². The number of ether oxygens (including phenoxy) is 1. The molecule has 1 aliphatic rings. The van der Waals surface area contributed by atoms with Gasteiger partial charge in [0.1, 0.15) is 12.4 Å². The van der Waals surface area contributed by atoms with Gasteiger partial charge in [0.05, 0.1) is 11.8 Å². The van der Waals surface area contributed by atoms with Gasteiger partial charge in [-0.1, -0.05) is 12.1 Å². The number of likely N-dealkylation sites (tertiary alicyclic amines) is 1. The Hall–Kier alpha value is -2.64. The van der Waals surface area contributed by atoms with Crippen molar-refractivity contribution in [1.29, 1.82) is 0 Å². The monoisotopic (exact) mass is 467 g/mol. The number of pyridine rings is 1. The molecule has 0 spiro atoms. The summed E-state index contributed by atoms with van der Waals surface area (Å²) >= 11 is 0. The normalized spacial score (nSPS) is 15.6. The predicted molar refractivity (Wildman–Crippen MR) is 134 cm³/mol. The third-order valence-electron chi connectivity index (χ3n) is 6.36. The molecule has 2 aromatic carbocycles. The van der Waals surface area contributed by atoms with Crippen LogP contribution in [-0.2, 0) is 16.4 Å². The first-order valence-corrected chi connectivity index (χ1v) is 13.4. The maximum Gasteiger partial charge on any atom is 0.229 e. The molecule has 0 bridgehead atoms. The van der Waals surface area contributed by atoms with E-state index in [9.17, 15) is 8.42 Å². The van der Waals surface area contributed by atoms with Gasteiger partial charge < -0.3 is 4.74 Å². The predicted octanol–water partition coefficient (Wildman–Crippen LogP) is 4.56. The average molecular weight is 468 g/mol. The van der Waals surface area contributed by atoms with E-state index in [-0.39, 0.29) is 0 Å². The summed E-state index contributed by atoms with van der Waals surface area (Å²) in [6.45, 7) is 7.79. The summed E-state index contributed by atoms with van der Waals surface area (Å²) in [5, 5.41) is 1.06. The molecule has 3 aromatic rings. The van der Waals surface area contributed by atoms with Crippen molar-refractivity contribution in [3.05, 3.63) is 65.4 Å². The van der Waals surface area contributed by atoms with Crippen LogP contribution in [-0.4, -0.2) is 50.8 Å². The van der Waals surface area contributed by atoms with Crippen LogP contribution < -0.4 is 9.46 Å². The Morgan fingerprint density at radius 3 is 2.64 bits per heavy atom. The summed E-state index contributed by atoms with van der Waals surface area (Å²) in [4.78, 5) is 7.05. The minimum Gasteiger partial charge on any atom is -0.492 e. The van der Waals surface area contributed by atoms with Crippen LogP contribution in [0.1, 0.15) is 29.7 Å². The molecule has 1 fully saturated rings. The largest absolute Gasteiger partial charge is 0.492 e. The highest BCUT2D eigenvalue weighted by atomic mass is 32.2. The van der Waals surface area contributed by atoms with E-state index >= 15 is 0 Å². The van der Waals surface area contributed by atoms with Crippen molar-refractivity contribution < 1.29 is 13.2 Å². The number of nitrogens with one attached hydrogen (secondary N) is 1. The molecule has 0 radical (unpaired) electrons. The van der Waals surface area contributed by atoms with Gasteiger partial charge in [-0.15, -0.1) is 0 Å². The Balaban J connectivity index is 1.27. The quantitative estimate of drug-likeness (QED) is 0.526. The number of aromatic nitrogens is 1. The Morgan fingerprint density at radius 1 is 1.09 bits per heavy atom. The summed E-state index contributed by atoms with van der Waals surface area (Å²) in [7, 11) is -3.26. The number of fused-ring (bicyclic) bond motifs is 1. The lowest BCUT2D eigenvalue weighted by atomic mass is 9.88. The maximum atomic E-state index is 11.5. The first kappa shape index (κ1) is 23.5. The zero-order valence-electron chi connectivity index (χ0n) is 19.7. The van der Waals surface area contributed by atoms with Gasteiger partial charge in [-0.2, -0.15) is 0 Å². The summed E-state index contributed by atoms with van der Waals surface area (Å²) < 4.78 is 31.8.